The molecule has 0 amide bonds. The van der Waals surface area contributed by atoms with Crippen molar-refractivity contribution in [2.75, 3.05) is 0 Å². The zero-order chi connectivity index (χ0) is 22.3. The lowest BCUT2D eigenvalue weighted by Gasteiger charge is -2.35. The number of carbonyl (C=O) groups excluding carboxylic acids is 1. The van der Waals surface area contributed by atoms with E-state index in [1.165, 1.54) is 6.92 Å². The number of Topliss-reactive ketones (excluding diaryl/α,β-unsaturated/α-hetero) is 1. The Kier molecular flexibility index (Phi) is 5.23. The average Bonchev–Trinajstić information content (AvgIpc) is 3.24. The van der Waals surface area contributed by atoms with Crippen LogP contribution in [0.2, 0.25) is 0 Å². The van der Waals surface area contributed by atoms with Gasteiger partial charge in [-0.25, -0.2) is 0 Å². The van der Waals surface area contributed by atoms with Crippen LogP contribution in [0, 0.1) is 50.2 Å². The summed E-state index contributed by atoms with van der Waals surface area (Å²) < 4.78 is 5.78. The number of nitrogens with two attached hydrogens (primary N) is 1. The van der Waals surface area contributed by atoms with Crippen LogP contribution in [-0.2, 0) is 19.2 Å². The van der Waals surface area contributed by atoms with Crippen molar-refractivity contribution in [1.29, 1.82) is 15.8 Å². The fourth-order valence-electron chi connectivity index (χ4n) is 4.28. The molecule has 2 N–H and O–H groups in total. The van der Waals surface area contributed by atoms with Crippen LogP contribution in [0.5, 0.6) is 0 Å². The van der Waals surface area contributed by atoms with Crippen molar-refractivity contribution < 1.29 is 19.2 Å². The molecule has 10 nitrogen and oxygen atoms in total. The second kappa shape index (κ2) is 6.81. The van der Waals surface area contributed by atoms with E-state index in [2.05, 4.69) is 10.3 Å². The van der Waals surface area contributed by atoms with Gasteiger partial charge in [0.1, 0.15) is 5.78 Å². The number of fused-ring (bicyclic) bond motifs is 1. The standard InChI is InChI=1S/C19H24N6O4/c1-7-12(3)24-28-15(6)18(14(5)26)16(9-20,10-21)17(18,11-22)19(23,27-15)29-25-13(4)8-2/h7-8,23H2,1-6H3/b24-12+,25-13+. The van der Waals surface area contributed by atoms with Crippen molar-refractivity contribution in [3.63, 3.8) is 0 Å². The van der Waals surface area contributed by atoms with E-state index < -0.39 is 33.7 Å². The Morgan fingerprint density at radius 2 is 1.48 bits per heavy atom. The van der Waals surface area contributed by atoms with Crippen LogP contribution in [0.25, 0.3) is 0 Å². The minimum atomic E-state index is -2.40. The van der Waals surface area contributed by atoms with E-state index in [9.17, 15) is 20.6 Å². The van der Waals surface area contributed by atoms with Crippen LogP contribution < -0.4 is 5.73 Å². The van der Waals surface area contributed by atoms with E-state index in [0.717, 1.165) is 6.92 Å². The van der Waals surface area contributed by atoms with Gasteiger partial charge in [-0.05, 0) is 33.6 Å². The van der Waals surface area contributed by atoms with Crippen molar-refractivity contribution in [1.82, 2.24) is 0 Å². The Bertz CT molecular complexity index is 910. The van der Waals surface area contributed by atoms with Gasteiger partial charge in [0.25, 0.3) is 5.79 Å². The number of rotatable bonds is 7. The molecule has 1 aliphatic heterocycles. The summed E-state index contributed by atoms with van der Waals surface area (Å²) in [5.41, 5.74) is 0.945. The molecule has 0 aromatic heterocycles. The maximum Gasteiger partial charge on any atom is 0.319 e. The van der Waals surface area contributed by atoms with Gasteiger partial charge in [-0.15, -0.1) is 0 Å². The van der Waals surface area contributed by atoms with Gasteiger partial charge in [0.05, 0.1) is 29.6 Å². The predicted molar refractivity (Wildman–Crippen MR) is 100 cm³/mol. The van der Waals surface area contributed by atoms with E-state index in [0.29, 0.717) is 24.3 Å². The van der Waals surface area contributed by atoms with E-state index in [4.69, 9.17) is 20.1 Å². The molecule has 0 spiro atoms. The predicted octanol–water partition coefficient (Wildman–Crippen LogP) is 2.08. The van der Waals surface area contributed by atoms with E-state index >= 15 is 0 Å². The molecule has 1 saturated carbocycles. The molecule has 1 aliphatic carbocycles. The van der Waals surface area contributed by atoms with Crippen molar-refractivity contribution in [3.8, 4) is 18.2 Å². The number of hydrogen-bond donors (Lipinski definition) is 1. The van der Waals surface area contributed by atoms with Gasteiger partial charge in [0.15, 0.2) is 16.2 Å². The van der Waals surface area contributed by atoms with Crippen molar-refractivity contribution in [2.45, 2.75) is 66.1 Å². The Morgan fingerprint density at radius 3 is 1.86 bits per heavy atom. The van der Waals surface area contributed by atoms with Gasteiger partial charge >= 0.3 is 5.91 Å². The first-order valence-electron chi connectivity index (χ1n) is 9.16. The molecule has 0 aromatic carbocycles. The van der Waals surface area contributed by atoms with Gasteiger partial charge in [0, 0.05) is 6.92 Å². The number of carbonyl (C=O) groups is 1. The minimum absolute atomic E-state index is 0.517. The zero-order valence-electron chi connectivity index (χ0n) is 17.4. The molecule has 0 radical (unpaired) electrons. The largest absolute Gasteiger partial charge is 0.359 e. The molecule has 1 heterocycles. The van der Waals surface area contributed by atoms with Gasteiger partial charge in [-0.1, -0.05) is 24.2 Å². The van der Waals surface area contributed by atoms with Gasteiger partial charge in [-0.3, -0.25) is 15.3 Å². The molecular weight excluding hydrogens is 376 g/mol. The monoisotopic (exact) mass is 400 g/mol. The molecular formula is C19H24N6O4. The molecule has 4 atom stereocenters. The maximum atomic E-state index is 12.9. The summed E-state index contributed by atoms with van der Waals surface area (Å²) in [4.78, 5) is 23.9. The van der Waals surface area contributed by atoms with Crippen LogP contribution in [0.1, 0.15) is 54.4 Å². The van der Waals surface area contributed by atoms with Gasteiger partial charge in [-0.2, -0.15) is 15.8 Å². The van der Waals surface area contributed by atoms with E-state index in [1.54, 1.807) is 13.8 Å². The number of ether oxygens (including phenoxy) is 1. The normalized spacial score (nSPS) is 37.5. The molecule has 1 saturated heterocycles. The maximum absolute atomic E-state index is 12.9. The summed E-state index contributed by atoms with van der Waals surface area (Å²) in [7, 11) is 0. The molecule has 0 aromatic rings. The first-order valence-corrected chi connectivity index (χ1v) is 9.16. The smallest absolute Gasteiger partial charge is 0.319 e. The third kappa shape index (κ3) is 2.23. The topological polar surface area (TPSA) is 167 Å². The summed E-state index contributed by atoms with van der Waals surface area (Å²) in [5, 5.41) is 37.7. The number of nitrogens with zero attached hydrogens (tertiary/aromatic N) is 5. The molecule has 10 heteroatoms. The van der Waals surface area contributed by atoms with Crippen LogP contribution in [0.4, 0.5) is 0 Å². The van der Waals surface area contributed by atoms with E-state index in [-0.39, 0.29) is 0 Å². The molecule has 29 heavy (non-hydrogen) atoms. The summed E-state index contributed by atoms with van der Waals surface area (Å²) in [5.74, 6) is -5.11. The molecule has 2 fully saturated rings. The summed E-state index contributed by atoms with van der Waals surface area (Å²) in [6.07, 6.45) is 1.06. The van der Waals surface area contributed by atoms with Crippen LogP contribution in [0.3, 0.4) is 0 Å². The second-order valence-electron chi connectivity index (χ2n) is 7.40. The summed E-state index contributed by atoms with van der Waals surface area (Å²) >= 11 is 0. The highest BCUT2D eigenvalue weighted by Gasteiger charge is 3.10. The SMILES string of the molecule is CC/C(C)=N/OC1(C)OC(N)(O/N=C(\C)CC)C2(C#N)C(C#N)(C#N)C12C(C)=O. The first kappa shape index (κ1) is 22.3. The van der Waals surface area contributed by atoms with Gasteiger partial charge in [0.2, 0.25) is 0 Å². The average molecular weight is 400 g/mol. The van der Waals surface area contributed by atoms with Crippen molar-refractivity contribution in [2.24, 2.45) is 32.3 Å². The molecule has 0 bridgehead atoms. The number of nitriles is 3. The van der Waals surface area contributed by atoms with Crippen LogP contribution in [-0.4, -0.2) is 28.9 Å². The van der Waals surface area contributed by atoms with Gasteiger partial charge < -0.3 is 9.68 Å². The minimum Gasteiger partial charge on any atom is -0.359 e. The highest BCUT2D eigenvalue weighted by Crippen LogP contribution is 2.89. The van der Waals surface area contributed by atoms with Crippen molar-refractivity contribution >= 4 is 17.2 Å². The highest BCUT2D eigenvalue weighted by molar-refractivity contribution is 5.95. The highest BCUT2D eigenvalue weighted by atomic mass is 16.9. The molecule has 154 valence electrons. The Hall–Kier alpha value is -3.00. The second-order valence-corrected chi connectivity index (χ2v) is 7.40. The first-order chi connectivity index (χ1) is 13.5. The van der Waals surface area contributed by atoms with Crippen LogP contribution >= 0.6 is 0 Å². The molecule has 2 aliphatic rings. The Balaban J connectivity index is 2.82. The lowest BCUT2D eigenvalue weighted by Crippen LogP contribution is -2.55. The Morgan fingerprint density at radius 1 is 1.00 bits per heavy atom. The third-order valence-electron chi connectivity index (χ3n) is 5.94. The Labute approximate surface area is 169 Å². The summed E-state index contributed by atoms with van der Waals surface area (Å²) in [6, 6.07) is 5.50. The quantitative estimate of drug-likeness (QED) is 0.385. The molecule has 4 unspecified atom stereocenters. The third-order valence-corrected chi connectivity index (χ3v) is 5.94. The fourth-order valence-corrected chi connectivity index (χ4v) is 4.28. The summed E-state index contributed by atoms with van der Waals surface area (Å²) in [6.45, 7) is 9.47. The zero-order valence-corrected chi connectivity index (χ0v) is 17.4. The lowest BCUT2D eigenvalue weighted by molar-refractivity contribution is -0.348. The molecule has 2 rings (SSSR count). The number of ketones is 1. The lowest BCUT2D eigenvalue weighted by atomic mass is 9.82. The van der Waals surface area contributed by atoms with Crippen LogP contribution in [0.15, 0.2) is 10.3 Å². The number of oxime groups is 2. The fraction of sp³-hybridized carbons (Fsp3) is 0.684. The van der Waals surface area contributed by atoms with E-state index in [1.807, 2.05) is 32.1 Å². The number of hydrogen-bond acceptors (Lipinski definition) is 10. The van der Waals surface area contributed by atoms with Crippen molar-refractivity contribution in [3.05, 3.63) is 0 Å².